The predicted octanol–water partition coefficient (Wildman–Crippen LogP) is 6.34. The van der Waals surface area contributed by atoms with Gasteiger partial charge in [-0.2, -0.15) is 15.8 Å². The van der Waals surface area contributed by atoms with Crippen LogP contribution in [0.2, 0.25) is 0 Å². The van der Waals surface area contributed by atoms with E-state index in [9.17, 15) is 20.6 Å². The van der Waals surface area contributed by atoms with Crippen molar-refractivity contribution in [1.29, 1.82) is 15.8 Å². The number of pyridine rings is 1. The summed E-state index contributed by atoms with van der Waals surface area (Å²) in [6.45, 7) is 6.75. The van der Waals surface area contributed by atoms with Gasteiger partial charge in [-0.15, -0.1) is 34.4 Å². The Balaban J connectivity index is 1.47. The molecule has 37 heavy (non-hydrogen) atoms. The first-order valence-corrected chi connectivity index (χ1v) is 14.5. The van der Waals surface area contributed by atoms with Gasteiger partial charge < -0.3 is 11.1 Å². The van der Waals surface area contributed by atoms with Gasteiger partial charge >= 0.3 is 0 Å². The van der Waals surface area contributed by atoms with E-state index in [-0.39, 0.29) is 34.7 Å². The van der Waals surface area contributed by atoms with E-state index in [0.29, 0.717) is 32.8 Å². The number of nitrogens with zero attached hydrogens (tertiary/aromatic N) is 4. The third kappa shape index (κ3) is 5.50. The maximum absolute atomic E-state index is 12.8. The van der Waals surface area contributed by atoms with Gasteiger partial charge in [0.1, 0.15) is 39.6 Å². The third-order valence-corrected chi connectivity index (χ3v) is 9.64. The Kier molecular flexibility index (Phi) is 7.90. The molecule has 0 fully saturated rings. The molecule has 188 valence electrons. The highest BCUT2D eigenvalue weighted by Crippen LogP contribution is 2.44. The zero-order chi connectivity index (χ0) is 26.7. The van der Waals surface area contributed by atoms with Crippen LogP contribution >= 0.6 is 34.4 Å². The fourth-order valence-electron chi connectivity index (χ4n) is 4.53. The van der Waals surface area contributed by atoms with E-state index in [1.807, 2.05) is 17.5 Å². The van der Waals surface area contributed by atoms with Crippen molar-refractivity contribution in [2.24, 2.45) is 11.3 Å². The molecule has 0 saturated heterocycles. The lowest BCUT2D eigenvalue weighted by Gasteiger charge is -2.33. The minimum absolute atomic E-state index is 0.0632. The molecular formula is C27H26N6OS3. The zero-order valence-electron chi connectivity index (χ0n) is 20.8. The van der Waals surface area contributed by atoms with Gasteiger partial charge in [0, 0.05) is 27.5 Å². The molecule has 7 nitrogen and oxygen atoms in total. The number of aromatic nitrogens is 1. The SMILES string of the molecule is CC(C)(C)C1CCc2c(sc(NC(=O)CCSc3nc(N)c(C#N)c(-c4cccs4)c3C#N)c2C#N)C1. The van der Waals surface area contributed by atoms with E-state index in [1.54, 1.807) is 0 Å². The van der Waals surface area contributed by atoms with E-state index in [1.165, 1.54) is 39.3 Å². The second-order valence-corrected chi connectivity index (χ2v) is 13.0. The number of carbonyl (C=O) groups excluding carboxylic acids is 1. The molecule has 3 N–H and O–H groups in total. The fourth-order valence-corrected chi connectivity index (χ4v) is 7.54. The topological polar surface area (TPSA) is 139 Å². The summed E-state index contributed by atoms with van der Waals surface area (Å²) >= 11 is 4.18. The lowest BCUT2D eigenvalue weighted by Crippen LogP contribution is -2.26. The van der Waals surface area contributed by atoms with Gasteiger partial charge in [-0.25, -0.2) is 4.98 Å². The van der Waals surface area contributed by atoms with Crippen molar-refractivity contribution in [2.45, 2.75) is 51.5 Å². The summed E-state index contributed by atoms with van der Waals surface area (Å²) in [6.07, 6.45) is 3.00. The number of hydrogen-bond acceptors (Lipinski definition) is 9. The monoisotopic (exact) mass is 546 g/mol. The lowest BCUT2D eigenvalue weighted by atomic mass is 9.72. The Hall–Kier alpha value is -3.36. The zero-order valence-corrected chi connectivity index (χ0v) is 23.3. The molecule has 4 rings (SSSR count). The molecule has 0 aromatic carbocycles. The summed E-state index contributed by atoms with van der Waals surface area (Å²) in [6, 6.07) is 10.2. The quantitative estimate of drug-likeness (QED) is 0.344. The number of nitriles is 3. The number of nitrogens with one attached hydrogen (secondary N) is 1. The Labute approximate surface area is 229 Å². The molecule has 0 radical (unpaired) electrons. The molecule has 1 amide bonds. The highest BCUT2D eigenvalue weighted by Gasteiger charge is 2.32. The Morgan fingerprint density at radius 1 is 1.22 bits per heavy atom. The maximum atomic E-state index is 12.8. The Bertz CT molecular complexity index is 1460. The number of fused-ring (bicyclic) bond motifs is 1. The number of thioether (sulfide) groups is 1. The third-order valence-electron chi connectivity index (χ3n) is 6.61. The van der Waals surface area contributed by atoms with Crippen molar-refractivity contribution in [2.75, 3.05) is 16.8 Å². The van der Waals surface area contributed by atoms with Gasteiger partial charge in [0.2, 0.25) is 5.91 Å². The van der Waals surface area contributed by atoms with E-state index < -0.39 is 0 Å². The Morgan fingerprint density at radius 2 is 1.95 bits per heavy atom. The molecule has 1 unspecified atom stereocenters. The summed E-state index contributed by atoms with van der Waals surface area (Å²) in [5, 5.41) is 35.1. The first-order chi connectivity index (χ1) is 17.7. The highest BCUT2D eigenvalue weighted by atomic mass is 32.2. The van der Waals surface area contributed by atoms with Crippen LogP contribution in [0, 0.1) is 45.3 Å². The van der Waals surface area contributed by atoms with Gasteiger partial charge in [-0.1, -0.05) is 26.8 Å². The highest BCUT2D eigenvalue weighted by molar-refractivity contribution is 7.99. The molecule has 3 heterocycles. The lowest BCUT2D eigenvalue weighted by molar-refractivity contribution is -0.115. The molecule has 1 aliphatic carbocycles. The molecular weight excluding hydrogens is 521 g/mol. The van der Waals surface area contributed by atoms with Crippen LogP contribution in [-0.2, 0) is 17.6 Å². The number of nitrogen functional groups attached to an aromatic ring is 1. The van der Waals surface area contributed by atoms with Crippen molar-refractivity contribution < 1.29 is 4.79 Å². The van der Waals surface area contributed by atoms with E-state index in [4.69, 9.17) is 5.73 Å². The fraction of sp³-hybridized carbons (Fsp3) is 0.370. The van der Waals surface area contributed by atoms with Crippen LogP contribution in [0.5, 0.6) is 0 Å². The van der Waals surface area contributed by atoms with Crippen LogP contribution in [0.25, 0.3) is 10.4 Å². The Morgan fingerprint density at radius 3 is 2.57 bits per heavy atom. The van der Waals surface area contributed by atoms with Crippen molar-refractivity contribution in [3.63, 3.8) is 0 Å². The van der Waals surface area contributed by atoms with Crippen LogP contribution in [0.1, 0.15) is 60.7 Å². The van der Waals surface area contributed by atoms with Crippen molar-refractivity contribution in [3.8, 4) is 28.6 Å². The van der Waals surface area contributed by atoms with Gasteiger partial charge in [-0.05, 0) is 47.6 Å². The van der Waals surface area contributed by atoms with Gasteiger partial charge in [0.15, 0.2) is 0 Å². The average Bonchev–Trinajstić information content (AvgIpc) is 3.50. The number of rotatable bonds is 6. The van der Waals surface area contributed by atoms with Crippen LogP contribution in [0.4, 0.5) is 10.8 Å². The van der Waals surface area contributed by atoms with Crippen LogP contribution in [0.3, 0.4) is 0 Å². The average molecular weight is 547 g/mol. The van der Waals surface area contributed by atoms with Crippen molar-refractivity contribution >= 4 is 51.2 Å². The summed E-state index contributed by atoms with van der Waals surface area (Å²) < 4.78 is 0. The van der Waals surface area contributed by atoms with Crippen LogP contribution in [0.15, 0.2) is 22.5 Å². The summed E-state index contributed by atoms with van der Waals surface area (Å²) in [7, 11) is 0. The van der Waals surface area contributed by atoms with E-state index in [2.05, 4.69) is 49.3 Å². The largest absolute Gasteiger partial charge is 0.383 e. The molecule has 1 atom stereocenters. The molecule has 3 aromatic rings. The molecule has 1 aliphatic rings. The first-order valence-electron chi connectivity index (χ1n) is 11.8. The molecule has 10 heteroatoms. The summed E-state index contributed by atoms with van der Waals surface area (Å²) in [5.74, 6) is 0.773. The number of hydrogen-bond donors (Lipinski definition) is 2. The van der Waals surface area contributed by atoms with E-state index >= 15 is 0 Å². The normalized spacial score (nSPS) is 14.8. The van der Waals surface area contributed by atoms with Crippen molar-refractivity contribution in [3.05, 3.63) is 44.6 Å². The maximum Gasteiger partial charge on any atom is 0.225 e. The number of carbonyl (C=O) groups is 1. The van der Waals surface area contributed by atoms with Crippen molar-refractivity contribution in [1.82, 2.24) is 4.98 Å². The second kappa shape index (κ2) is 10.9. The first kappa shape index (κ1) is 26.7. The minimum atomic E-state index is -0.200. The number of amides is 1. The van der Waals surface area contributed by atoms with Gasteiger partial charge in [0.05, 0.1) is 11.1 Å². The number of anilines is 2. The summed E-state index contributed by atoms with van der Waals surface area (Å²) in [4.78, 5) is 19.1. The van der Waals surface area contributed by atoms with Crippen LogP contribution in [-0.4, -0.2) is 16.6 Å². The molecule has 0 aliphatic heterocycles. The number of nitrogens with two attached hydrogens (primary N) is 1. The second-order valence-electron chi connectivity index (χ2n) is 9.90. The predicted molar refractivity (Wildman–Crippen MR) is 149 cm³/mol. The van der Waals surface area contributed by atoms with Gasteiger partial charge in [0.25, 0.3) is 0 Å². The van der Waals surface area contributed by atoms with Crippen LogP contribution < -0.4 is 11.1 Å². The molecule has 3 aromatic heterocycles. The standard InChI is InChI=1S/C27H26N6OS3/c1-27(2,3)15-6-7-16-17(12-28)26(37-21(16)11-15)32-22(34)8-10-36-25-19(14-30)23(20-5-4-9-35-20)18(13-29)24(31)33-25/h4-5,9,15H,6-8,10-11H2,1-3H3,(H2,31,33)(H,32,34). The molecule has 0 bridgehead atoms. The molecule has 0 spiro atoms. The minimum Gasteiger partial charge on any atom is -0.383 e. The van der Waals surface area contributed by atoms with Gasteiger partial charge in [-0.3, -0.25) is 4.79 Å². The molecule has 0 saturated carbocycles. The van der Waals surface area contributed by atoms with E-state index in [0.717, 1.165) is 29.7 Å². The summed E-state index contributed by atoms with van der Waals surface area (Å²) in [5.41, 5.74) is 8.86. The number of thiophene rings is 2. The smallest absolute Gasteiger partial charge is 0.225 e.